The van der Waals surface area contributed by atoms with E-state index in [4.69, 9.17) is 14.3 Å². The van der Waals surface area contributed by atoms with Gasteiger partial charge in [-0.25, -0.2) is 4.79 Å². The lowest BCUT2D eigenvalue weighted by Crippen LogP contribution is -2.58. The van der Waals surface area contributed by atoms with E-state index in [2.05, 4.69) is 19.6 Å². The van der Waals surface area contributed by atoms with Crippen molar-refractivity contribution in [3.63, 3.8) is 0 Å². The molecule has 2 atom stereocenters. The van der Waals surface area contributed by atoms with Crippen molar-refractivity contribution in [3.05, 3.63) is 62.0 Å². The minimum absolute atomic E-state index is 0.0453. The van der Waals surface area contributed by atoms with Gasteiger partial charge in [0.15, 0.2) is 8.32 Å². The van der Waals surface area contributed by atoms with Gasteiger partial charge in [-0.15, -0.1) is 11.8 Å². The third-order valence-electron chi connectivity index (χ3n) is 5.34. The molecule has 0 aromatic heterocycles. The Balaban J connectivity index is 1.68. The molecule has 1 fully saturated rings. The van der Waals surface area contributed by atoms with Gasteiger partial charge in [0.2, 0.25) is 5.91 Å². The van der Waals surface area contributed by atoms with Crippen molar-refractivity contribution in [1.29, 1.82) is 0 Å². The molecule has 0 bridgehead atoms. The fourth-order valence-corrected chi connectivity index (χ4v) is 5.40. The first-order chi connectivity index (χ1) is 15.6. The van der Waals surface area contributed by atoms with E-state index in [1.807, 2.05) is 0 Å². The van der Waals surface area contributed by atoms with Gasteiger partial charge in [-0.05, 0) is 49.2 Å². The summed E-state index contributed by atoms with van der Waals surface area (Å²) in [5.74, 6) is -0.914. The van der Waals surface area contributed by atoms with Crippen molar-refractivity contribution in [1.82, 2.24) is 4.90 Å². The molecule has 3 rings (SSSR count). The number of nitro groups is 1. The molecule has 33 heavy (non-hydrogen) atoms. The Hall–Kier alpha value is -2.47. The van der Waals surface area contributed by atoms with E-state index in [0.29, 0.717) is 25.0 Å². The largest absolute Gasteiger partial charge is 0.456 e. The van der Waals surface area contributed by atoms with Crippen LogP contribution in [0.3, 0.4) is 0 Å². The number of esters is 1. The normalized spacial score (nSPS) is 20.2. The third kappa shape index (κ3) is 6.11. The number of carbonyl (C=O) groups is 2. The van der Waals surface area contributed by atoms with E-state index >= 15 is 0 Å². The second-order valence-electron chi connectivity index (χ2n) is 8.78. The maximum atomic E-state index is 12.9. The monoisotopic (exact) mass is 492 g/mol. The highest BCUT2D eigenvalue weighted by atomic mass is 32.2. The summed E-state index contributed by atoms with van der Waals surface area (Å²) in [5, 5.41) is 21.5. The number of hydrogen-bond donors (Lipinski definition) is 1. The Kier molecular flexibility index (Phi) is 8.11. The minimum atomic E-state index is -1.67. The van der Waals surface area contributed by atoms with Crippen LogP contribution in [-0.4, -0.2) is 54.4 Å². The molecule has 9 nitrogen and oxygen atoms in total. The van der Waals surface area contributed by atoms with Gasteiger partial charge in [-0.3, -0.25) is 14.9 Å². The SMILES string of the molecule is C[Si](C)(C)OCC[C@H]1C(=O)N2C(C(=O)OCc3ccc([N+](=O)[O-])cc3)=C(S/C=C\CO)C[C@H]12. The van der Waals surface area contributed by atoms with E-state index in [1.54, 1.807) is 11.5 Å². The van der Waals surface area contributed by atoms with E-state index in [9.17, 15) is 19.7 Å². The van der Waals surface area contributed by atoms with Crippen LogP contribution < -0.4 is 0 Å². The highest BCUT2D eigenvalue weighted by Crippen LogP contribution is 2.47. The molecule has 0 spiro atoms. The van der Waals surface area contributed by atoms with Crippen LogP contribution in [0.2, 0.25) is 19.6 Å². The van der Waals surface area contributed by atoms with Crippen molar-refractivity contribution in [2.45, 2.75) is 45.1 Å². The van der Waals surface area contributed by atoms with Crippen molar-refractivity contribution in [3.8, 4) is 0 Å². The Morgan fingerprint density at radius 3 is 2.64 bits per heavy atom. The third-order valence-corrected chi connectivity index (χ3v) is 7.38. The summed E-state index contributed by atoms with van der Waals surface area (Å²) in [7, 11) is -1.67. The Morgan fingerprint density at radius 2 is 2.03 bits per heavy atom. The van der Waals surface area contributed by atoms with Crippen LogP contribution in [0.15, 0.2) is 46.4 Å². The van der Waals surface area contributed by atoms with Crippen LogP contribution in [0.4, 0.5) is 5.69 Å². The molecule has 1 amide bonds. The molecule has 0 unspecified atom stereocenters. The zero-order valence-electron chi connectivity index (χ0n) is 18.9. The van der Waals surface area contributed by atoms with Gasteiger partial charge in [-0.1, -0.05) is 6.08 Å². The summed E-state index contributed by atoms with van der Waals surface area (Å²) in [6, 6.07) is 5.65. The quantitative estimate of drug-likeness (QED) is 0.164. The topological polar surface area (TPSA) is 119 Å². The molecule has 0 radical (unpaired) electrons. The molecule has 178 valence electrons. The van der Waals surface area contributed by atoms with Crippen LogP contribution in [0.5, 0.6) is 0 Å². The highest BCUT2D eigenvalue weighted by molar-refractivity contribution is 8.05. The fourth-order valence-electron chi connectivity index (χ4n) is 3.76. The molecule has 1 aromatic rings. The van der Waals surface area contributed by atoms with Crippen molar-refractivity contribution < 1.29 is 28.8 Å². The molecule has 2 aliphatic rings. The summed E-state index contributed by atoms with van der Waals surface area (Å²) in [6.07, 6.45) is 2.72. The Morgan fingerprint density at radius 1 is 1.33 bits per heavy atom. The van der Waals surface area contributed by atoms with Gasteiger partial charge in [-0.2, -0.15) is 0 Å². The number of aliphatic hydroxyl groups is 1. The Labute approximate surface area is 197 Å². The number of thioether (sulfide) groups is 1. The van der Waals surface area contributed by atoms with Crippen LogP contribution >= 0.6 is 11.8 Å². The molecule has 2 heterocycles. The highest BCUT2D eigenvalue weighted by Gasteiger charge is 2.55. The van der Waals surface area contributed by atoms with Gasteiger partial charge < -0.3 is 19.2 Å². The number of nitro benzene ring substituents is 1. The molecule has 0 aliphatic carbocycles. The van der Waals surface area contributed by atoms with Crippen molar-refractivity contribution in [2.24, 2.45) is 5.92 Å². The molecule has 1 N–H and O–H groups in total. The van der Waals surface area contributed by atoms with E-state index in [0.717, 1.165) is 4.91 Å². The number of hydrogen-bond acceptors (Lipinski definition) is 8. The summed E-state index contributed by atoms with van der Waals surface area (Å²) < 4.78 is 11.3. The smallest absolute Gasteiger partial charge is 0.356 e. The summed E-state index contributed by atoms with van der Waals surface area (Å²) in [6.45, 7) is 6.62. The second kappa shape index (κ2) is 10.6. The van der Waals surface area contributed by atoms with Crippen LogP contribution in [-0.2, 0) is 25.4 Å². The number of ether oxygens (including phenoxy) is 1. The van der Waals surface area contributed by atoms with Crippen LogP contribution in [0.25, 0.3) is 0 Å². The van der Waals surface area contributed by atoms with Crippen LogP contribution in [0.1, 0.15) is 18.4 Å². The van der Waals surface area contributed by atoms with E-state index < -0.39 is 19.2 Å². The number of fused-ring (bicyclic) bond motifs is 1. The van der Waals surface area contributed by atoms with Gasteiger partial charge in [0.05, 0.1) is 23.5 Å². The Bertz CT molecular complexity index is 972. The molecule has 0 saturated carbocycles. The van der Waals surface area contributed by atoms with Crippen LogP contribution in [0, 0.1) is 16.0 Å². The predicted octanol–water partition coefficient (Wildman–Crippen LogP) is 3.56. The average Bonchev–Trinajstić information content (AvgIpc) is 3.10. The van der Waals surface area contributed by atoms with Gasteiger partial charge >= 0.3 is 5.97 Å². The number of nitrogens with zero attached hydrogens (tertiary/aromatic N) is 2. The molecule has 2 aliphatic heterocycles. The predicted molar refractivity (Wildman–Crippen MR) is 126 cm³/mol. The summed E-state index contributed by atoms with van der Waals surface area (Å²) in [4.78, 5) is 38.3. The standard InChI is InChI=1S/C22H28N2O7SSi/c1-33(2,3)31-11-9-17-18-13-19(32-12-4-10-25)20(23(18)21(17)26)22(27)30-14-15-5-7-16(8-6-15)24(28)29/h4-8,12,17-18,25H,9-11,13-14H2,1-3H3/b12-4-/t17-,18-/m1/s1. The fraction of sp³-hybridized carbons (Fsp3) is 0.455. The molecular weight excluding hydrogens is 464 g/mol. The lowest BCUT2D eigenvalue weighted by atomic mass is 9.85. The number of non-ortho nitro benzene ring substituents is 1. The maximum Gasteiger partial charge on any atom is 0.356 e. The zero-order valence-corrected chi connectivity index (χ0v) is 20.7. The van der Waals surface area contributed by atoms with Crippen molar-refractivity contribution >= 4 is 37.6 Å². The average molecular weight is 493 g/mol. The molecule has 1 aromatic carbocycles. The van der Waals surface area contributed by atoms with E-state index in [-0.39, 0.29) is 42.5 Å². The van der Waals surface area contributed by atoms with Gasteiger partial charge in [0.1, 0.15) is 12.3 Å². The van der Waals surface area contributed by atoms with E-state index in [1.165, 1.54) is 40.9 Å². The summed E-state index contributed by atoms with van der Waals surface area (Å²) in [5.41, 5.74) is 0.799. The first-order valence-corrected chi connectivity index (χ1v) is 14.9. The zero-order chi connectivity index (χ0) is 24.2. The summed E-state index contributed by atoms with van der Waals surface area (Å²) >= 11 is 1.30. The number of aliphatic hydroxyl groups excluding tert-OH is 1. The minimum Gasteiger partial charge on any atom is -0.456 e. The molecule has 11 heteroatoms. The van der Waals surface area contributed by atoms with Gasteiger partial charge in [0.25, 0.3) is 5.69 Å². The van der Waals surface area contributed by atoms with Gasteiger partial charge in [0, 0.05) is 30.1 Å². The number of carbonyl (C=O) groups excluding carboxylic acids is 2. The second-order valence-corrected chi connectivity index (χ2v) is 14.3. The number of amides is 1. The number of β-lactam (4-membered cyclic amide) rings is 1. The lowest BCUT2D eigenvalue weighted by molar-refractivity contribution is -0.384. The molecular formula is C22H28N2O7SSi. The molecule has 1 saturated heterocycles. The maximum absolute atomic E-state index is 12.9. The number of benzene rings is 1. The first kappa shape index (κ1) is 25.2. The lowest BCUT2D eigenvalue weighted by Gasteiger charge is -2.43. The van der Waals surface area contributed by atoms with Crippen molar-refractivity contribution in [2.75, 3.05) is 13.2 Å². The first-order valence-electron chi connectivity index (χ1n) is 10.7. The number of rotatable bonds is 11.